The quantitative estimate of drug-likeness (QED) is 0.403. The van der Waals surface area contributed by atoms with Gasteiger partial charge in [0.15, 0.2) is 8.45 Å². The molecule has 0 radical (unpaired) electrons. The van der Waals surface area contributed by atoms with Crippen molar-refractivity contribution < 1.29 is 14.0 Å². The van der Waals surface area contributed by atoms with Crippen LogP contribution in [0.5, 0.6) is 0 Å². The Morgan fingerprint density at radius 2 is 1.46 bits per heavy atom. The summed E-state index contributed by atoms with van der Waals surface area (Å²) < 4.78 is 23.5. The molecule has 0 amide bonds. The highest BCUT2D eigenvalue weighted by atomic mass is 31.2. The predicted octanol–water partition coefficient (Wildman–Crippen LogP) is 2.58. The fourth-order valence-electron chi connectivity index (χ4n) is 3.83. The van der Waals surface area contributed by atoms with E-state index in [4.69, 9.17) is 14.0 Å². The summed E-state index contributed by atoms with van der Waals surface area (Å²) in [6.45, 7) is 18.7. The Bertz CT molecular complexity index is 367. The second kappa shape index (κ2) is 11.4. The number of rotatable bonds is 11. The fourth-order valence-corrected chi connectivity index (χ4v) is 6.20. The van der Waals surface area contributed by atoms with Crippen LogP contribution in [-0.2, 0) is 14.0 Å². The minimum atomic E-state index is -0.873. The third-order valence-corrected chi connectivity index (χ3v) is 7.92. The van der Waals surface area contributed by atoms with Gasteiger partial charge in [-0.15, -0.1) is 0 Å². The topological polar surface area (TPSA) is 34.2 Å². The first-order valence-corrected chi connectivity index (χ1v) is 11.5. The van der Waals surface area contributed by atoms with Gasteiger partial charge in [0, 0.05) is 37.3 Å². The number of ether oxygens (including phenoxy) is 2. The van der Waals surface area contributed by atoms with Crippen molar-refractivity contribution in [3.05, 3.63) is 0 Å². The van der Waals surface area contributed by atoms with Gasteiger partial charge >= 0.3 is 0 Å². The van der Waals surface area contributed by atoms with E-state index in [1.54, 1.807) is 7.11 Å². The minimum absolute atomic E-state index is 0.0253. The molecule has 0 aliphatic carbocycles. The summed E-state index contributed by atoms with van der Waals surface area (Å²) in [6, 6.07) is 1.98. The molecule has 0 aromatic heterocycles. The Kier molecular flexibility index (Phi) is 10.7. The van der Waals surface area contributed by atoms with Crippen LogP contribution in [0.3, 0.4) is 0 Å². The van der Waals surface area contributed by atoms with Crippen molar-refractivity contribution in [2.45, 2.75) is 104 Å². The third kappa shape index (κ3) is 6.46. The predicted molar refractivity (Wildman–Crippen MR) is 117 cm³/mol. The molecule has 1 rings (SSSR count). The van der Waals surface area contributed by atoms with Gasteiger partial charge in [-0.05, 0) is 61.8 Å². The van der Waals surface area contributed by atoms with Gasteiger partial charge in [-0.25, -0.2) is 9.34 Å². The average molecular weight is 386 g/mol. The molecule has 0 spiro atoms. The summed E-state index contributed by atoms with van der Waals surface area (Å²) in [5.41, 5.74) is 0. The zero-order valence-corrected chi connectivity index (χ0v) is 19.6. The Morgan fingerprint density at radius 1 is 1.00 bits per heavy atom. The SMILES string of the molecule is BBC1CC(OC)C(COP(N(C(C)C)C(C)C)N(C(C)C)C(C)C)O1. The molecule has 8 heteroatoms. The average Bonchev–Trinajstić information content (AvgIpc) is 2.93. The Balaban J connectivity index is 2.97. The van der Waals surface area contributed by atoms with Crippen molar-refractivity contribution >= 4 is 23.4 Å². The van der Waals surface area contributed by atoms with Crippen molar-refractivity contribution in [2.24, 2.45) is 0 Å². The standard InChI is InChI=1S/C18H41B2N2O3P/c1-12(2)21(13(3)4)26(22(14(5)6)15(7)8)24-11-17-16(23-9)10-18(20-19)25-17/h12-18,20H,10-11,19H2,1-9H3. The first kappa shape index (κ1) is 24.4. The van der Waals surface area contributed by atoms with Crippen molar-refractivity contribution in [1.82, 2.24) is 9.34 Å². The molecule has 3 unspecified atom stereocenters. The van der Waals surface area contributed by atoms with Gasteiger partial charge < -0.3 is 14.0 Å². The molecule has 1 saturated heterocycles. The van der Waals surface area contributed by atoms with E-state index in [-0.39, 0.29) is 18.2 Å². The van der Waals surface area contributed by atoms with Crippen molar-refractivity contribution in [2.75, 3.05) is 13.7 Å². The van der Waals surface area contributed by atoms with E-state index in [0.29, 0.717) is 30.8 Å². The summed E-state index contributed by atoms with van der Waals surface area (Å²) in [6.07, 6.45) is 1.13. The zero-order valence-electron chi connectivity index (χ0n) is 18.7. The van der Waals surface area contributed by atoms with Crippen molar-refractivity contribution in [1.29, 1.82) is 0 Å². The largest absolute Gasteiger partial charge is 0.379 e. The highest BCUT2D eigenvalue weighted by molar-refractivity contribution is 7.47. The minimum Gasteiger partial charge on any atom is -0.379 e. The number of hydrogen-bond donors (Lipinski definition) is 0. The van der Waals surface area contributed by atoms with Crippen LogP contribution in [0.25, 0.3) is 0 Å². The molecule has 152 valence electrons. The molecule has 1 aliphatic heterocycles. The summed E-state index contributed by atoms with van der Waals surface area (Å²) in [5.74, 6) is 0. The van der Waals surface area contributed by atoms with Gasteiger partial charge in [-0.1, -0.05) is 0 Å². The Hall–Kier alpha value is 0.360. The lowest BCUT2D eigenvalue weighted by Crippen LogP contribution is -2.44. The van der Waals surface area contributed by atoms with Crippen LogP contribution in [0.15, 0.2) is 0 Å². The van der Waals surface area contributed by atoms with Crippen LogP contribution in [0, 0.1) is 0 Å². The number of methoxy groups -OCH3 is 1. The first-order chi connectivity index (χ1) is 12.1. The lowest BCUT2D eigenvalue weighted by molar-refractivity contribution is -0.0170. The monoisotopic (exact) mass is 386 g/mol. The second-order valence-corrected chi connectivity index (χ2v) is 10.1. The van der Waals surface area contributed by atoms with Crippen LogP contribution in [-0.4, -0.2) is 80.3 Å². The molecule has 0 aromatic rings. The molecular weight excluding hydrogens is 345 g/mol. The lowest BCUT2D eigenvalue weighted by Gasteiger charge is -2.46. The van der Waals surface area contributed by atoms with Crippen LogP contribution >= 0.6 is 8.45 Å². The van der Waals surface area contributed by atoms with Crippen molar-refractivity contribution in [3.8, 4) is 0 Å². The maximum absolute atomic E-state index is 6.63. The van der Waals surface area contributed by atoms with Gasteiger partial charge in [0.25, 0.3) is 0 Å². The number of hydrogen-bond acceptors (Lipinski definition) is 5. The van der Waals surface area contributed by atoms with E-state index in [9.17, 15) is 0 Å². The summed E-state index contributed by atoms with van der Waals surface area (Å²) in [7, 11) is 4.11. The van der Waals surface area contributed by atoms with Gasteiger partial charge in [0.2, 0.25) is 0 Å². The molecular formula is C18H41B2N2O3P. The van der Waals surface area contributed by atoms with E-state index in [1.165, 1.54) is 0 Å². The summed E-state index contributed by atoms with van der Waals surface area (Å²) >= 11 is 0. The highest BCUT2D eigenvalue weighted by Crippen LogP contribution is 2.51. The summed E-state index contributed by atoms with van der Waals surface area (Å²) in [5, 5.41) is 0. The molecule has 1 aliphatic rings. The highest BCUT2D eigenvalue weighted by Gasteiger charge is 2.38. The molecule has 0 N–H and O–H groups in total. The Morgan fingerprint density at radius 3 is 1.81 bits per heavy atom. The maximum atomic E-state index is 6.63. The molecule has 26 heavy (non-hydrogen) atoms. The van der Waals surface area contributed by atoms with Crippen LogP contribution in [0.4, 0.5) is 0 Å². The zero-order chi connectivity index (χ0) is 20.0. The molecule has 5 nitrogen and oxygen atoms in total. The second-order valence-electron chi connectivity index (χ2n) is 8.40. The molecule has 0 bridgehead atoms. The van der Waals surface area contributed by atoms with Gasteiger partial charge in [0.05, 0.1) is 20.4 Å². The first-order valence-electron chi connectivity index (χ1n) is 10.3. The molecule has 3 atom stereocenters. The van der Waals surface area contributed by atoms with Gasteiger partial charge in [0.1, 0.15) is 13.3 Å². The smallest absolute Gasteiger partial charge is 0.189 e. The van der Waals surface area contributed by atoms with E-state index in [1.807, 2.05) is 0 Å². The van der Waals surface area contributed by atoms with E-state index < -0.39 is 8.45 Å². The van der Waals surface area contributed by atoms with Crippen LogP contribution < -0.4 is 0 Å². The molecule has 0 saturated carbocycles. The van der Waals surface area contributed by atoms with E-state index in [2.05, 4.69) is 72.5 Å². The maximum Gasteiger partial charge on any atom is 0.189 e. The summed E-state index contributed by atoms with van der Waals surface area (Å²) in [4.78, 5) is 0. The van der Waals surface area contributed by atoms with E-state index in [0.717, 1.165) is 13.6 Å². The Labute approximate surface area is 165 Å². The fraction of sp³-hybridized carbons (Fsp3) is 1.00. The van der Waals surface area contributed by atoms with Crippen LogP contribution in [0.2, 0.25) is 0 Å². The normalized spacial score (nSPS) is 24.4. The third-order valence-electron chi connectivity index (χ3n) is 4.90. The molecule has 0 aromatic carbocycles. The van der Waals surface area contributed by atoms with Gasteiger partial charge in [-0.2, -0.15) is 0 Å². The van der Waals surface area contributed by atoms with Gasteiger partial charge in [-0.3, -0.25) is 0 Å². The van der Waals surface area contributed by atoms with E-state index >= 15 is 0 Å². The number of nitrogens with zero attached hydrogens (tertiary/aromatic N) is 2. The van der Waals surface area contributed by atoms with Crippen molar-refractivity contribution in [3.63, 3.8) is 0 Å². The molecule has 1 fully saturated rings. The van der Waals surface area contributed by atoms with Crippen LogP contribution in [0.1, 0.15) is 61.8 Å². The molecule has 1 heterocycles. The lowest BCUT2D eigenvalue weighted by atomic mass is 9.51.